The molecule has 1 unspecified atom stereocenters. The smallest absolute Gasteiger partial charge is 0.243 e. The average Bonchev–Trinajstić information content (AvgIpc) is 3.22. The molecule has 1 saturated carbocycles. The van der Waals surface area contributed by atoms with E-state index in [0.717, 1.165) is 24.8 Å². The first-order valence-corrected chi connectivity index (χ1v) is 9.43. The number of nitrogens with one attached hydrogen (secondary N) is 1. The lowest BCUT2D eigenvalue weighted by molar-refractivity contribution is 0.136. The monoisotopic (exact) mass is 336 g/mol. The molecule has 1 saturated heterocycles. The Morgan fingerprint density at radius 1 is 1.12 bits per heavy atom. The summed E-state index contributed by atoms with van der Waals surface area (Å²) < 4.78 is 5.52. The van der Waals surface area contributed by atoms with Crippen molar-refractivity contribution in [3.63, 3.8) is 0 Å². The Hall–Kier alpha value is -2.14. The van der Waals surface area contributed by atoms with Crippen molar-refractivity contribution in [1.82, 2.24) is 20.0 Å². The first-order valence-electron chi connectivity index (χ1n) is 9.43. The molecule has 1 atom stereocenters. The molecular formula is C20H24N4O. The van der Waals surface area contributed by atoms with E-state index in [0.29, 0.717) is 11.8 Å². The summed E-state index contributed by atoms with van der Waals surface area (Å²) in [7, 11) is 0. The minimum atomic E-state index is 0.212. The molecule has 0 spiro atoms. The number of likely N-dealkylation sites (tertiary alicyclic amines) is 1. The average molecular weight is 336 g/mol. The Balaban J connectivity index is 1.25. The normalized spacial score (nSPS) is 21.0. The highest BCUT2D eigenvalue weighted by atomic mass is 16.5. The van der Waals surface area contributed by atoms with E-state index >= 15 is 0 Å². The molecule has 3 heterocycles. The van der Waals surface area contributed by atoms with Gasteiger partial charge in [-0.25, -0.2) is 0 Å². The van der Waals surface area contributed by atoms with E-state index in [9.17, 15) is 0 Å². The van der Waals surface area contributed by atoms with Gasteiger partial charge >= 0.3 is 0 Å². The molecule has 0 radical (unpaired) electrons. The molecule has 5 nitrogen and oxygen atoms in total. The zero-order valence-electron chi connectivity index (χ0n) is 14.6. The van der Waals surface area contributed by atoms with Gasteiger partial charge in [0.05, 0.1) is 6.04 Å². The molecule has 0 bridgehead atoms. The highest BCUT2D eigenvalue weighted by molar-refractivity contribution is 5.80. The fraction of sp³-hybridized carbons (Fsp3) is 0.500. The van der Waals surface area contributed by atoms with Crippen molar-refractivity contribution in [2.75, 3.05) is 13.1 Å². The van der Waals surface area contributed by atoms with Gasteiger partial charge in [-0.3, -0.25) is 4.90 Å². The van der Waals surface area contributed by atoms with E-state index < -0.39 is 0 Å². The largest absolute Gasteiger partial charge is 0.358 e. The van der Waals surface area contributed by atoms with Crippen molar-refractivity contribution < 1.29 is 4.52 Å². The lowest BCUT2D eigenvalue weighted by Gasteiger charge is -2.34. The molecule has 25 heavy (non-hydrogen) atoms. The van der Waals surface area contributed by atoms with Gasteiger partial charge in [-0.15, -0.1) is 0 Å². The number of aromatic nitrogens is 3. The molecular weight excluding hydrogens is 312 g/mol. The van der Waals surface area contributed by atoms with Gasteiger partial charge in [0.2, 0.25) is 5.89 Å². The van der Waals surface area contributed by atoms with E-state index in [1.165, 1.54) is 42.3 Å². The second-order valence-electron chi connectivity index (χ2n) is 7.56. The Kier molecular flexibility index (Phi) is 3.63. The van der Waals surface area contributed by atoms with Gasteiger partial charge in [-0.05, 0) is 63.2 Å². The predicted octanol–water partition coefficient (Wildman–Crippen LogP) is 4.37. The van der Waals surface area contributed by atoms with Gasteiger partial charge in [-0.1, -0.05) is 23.4 Å². The maximum Gasteiger partial charge on any atom is 0.243 e. The van der Waals surface area contributed by atoms with Crippen molar-refractivity contribution in [2.45, 2.75) is 50.5 Å². The van der Waals surface area contributed by atoms with E-state index in [-0.39, 0.29) is 6.04 Å². The molecule has 2 aliphatic rings. The summed E-state index contributed by atoms with van der Waals surface area (Å²) in [6, 6.07) is 11.1. The van der Waals surface area contributed by atoms with Crippen molar-refractivity contribution in [3.8, 4) is 0 Å². The zero-order chi connectivity index (χ0) is 16.8. The van der Waals surface area contributed by atoms with Crippen LogP contribution in [0.25, 0.3) is 10.9 Å². The van der Waals surface area contributed by atoms with Crippen molar-refractivity contribution in [2.24, 2.45) is 0 Å². The van der Waals surface area contributed by atoms with Crippen LogP contribution < -0.4 is 0 Å². The lowest BCUT2D eigenvalue weighted by Crippen LogP contribution is -2.35. The van der Waals surface area contributed by atoms with Gasteiger partial charge in [-0.2, -0.15) is 4.98 Å². The summed E-state index contributed by atoms with van der Waals surface area (Å²) in [5.74, 6) is 2.86. The summed E-state index contributed by atoms with van der Waals surface area (Å²) in [5.41, 5.74) is 2.62. The third-order valence-electron chi connectivity index (χ3n) is 5.83. The summed E-state index contributed by atoms with van der Waals surface area (Å²) in [4.78, 5) is 10.7. The number of nitrogens with zero attached hydrogens (tertiary/aromatic N) is 3. The number of para-hydroxylation sites is 1. The van der Waals surface area contributed by atoms with Crippen LogP contribution in [-0.2, 0) is 0 Å². The quantitative estimate of drug-likeness (QED) is 0.768. The van der Waals surface area contributed by atoms with Crippen LogP contribution in [0.15, 0.2) is 34.9 Å². The van der Waals surface area contributed by atoms with E-state index in [4.69, 9.17) is 4.52 Å². The van der Waals surface area contributed by atoms with Crippen LogP contribution in [0.5, 0.6) is 0 Å². The van der Waals surface area contributed by atoms with E-state index in [1.807, 2.05) is 0 Å². The minimum Gasteiger partial charge on any atom is -0.358 e. The Labute approximate surface area is 147 Å². The number of H-pyrrole nitrogens is 1. The summed E-state index contributed by atoms with van der Waals surface area (Å²) in [5, 5.41) is 5.47. The molecule has 5 rings (SSSR count). The maximum atomic E-state index is 5.52. The van der Waals surface area contributed by atoms with Crippen LogP contribution in [0.2, 0.25) is 0 Å². The van der Waals surface area contributed by atoms with Gasteiger partial charge in [0.25, 0.3) is 0 Å². The number of aromatic amines is 1. The molecule has 1 aliphatic carbocycles. The van der Waals surface area contributed by atoms with Gasteiger partial charge < -0.3 is 9.51 Å². The molecule has 130 valence electrons. The number of piperidine rings is 1. The Morgan fingerprint density at radius 2 is 1.92 bits per heavy atom. The van der Waals surface area contributed by atoms with Crippen molar-refractivity contribution in [1.29, 1.82) is 0 Å². The first-order chi connectivity index (χ1) is 12.3. The number of rotatable bonds is 4. The minimum absolute atomic E-state index is 0.212. The molecule has 2 fully saturated rings. The van der Waals surface area contributed by atoms with Crippen molar-refractivity contribution in [3.05, 3.63) is 47.7 Å². The van der Waals surface area contributed by atoms with Crippen molar-refractivity contribution >= 4 is 10.9 Å². The fourth-order valence-electron chi connectivity index (χ4n) is 3.99. The molecule has 3 aromatic rings. The molecule has 5 heteroatoms. The summed E-state index contributed by atoms with van der Waals surface area (Å²) in [6.07, 6.45) is 4.76. The van der Waals surface area contributed by atoms with Gasteiger partial charge in [0, 0.05) is 23.0 Å². The topological polar surface area (TPSA) is 58.0 Å². The Morgan fingerprint density at radius 3 is 2.68 bits per heavy atom. The summed E-state index contributed by atoms with van der Waals surface area (Å²) in [6.45, 7) is 4.33. The molecule has 1 aliphatic heterocycles. The number of fused-ring (bicyclic) bond motifs is 1. The van der Waals surface area contributed by atoms with Crippen LogP contribution in [-0.4, -0.2) is 33.1 Å². The van der Waals surface area contributed by atoms with E-state index in [1.54, 1.807) is 0 Å². The number of hydrogen-bond acceptors (Lipinski definition) is 4. The third kappa shape index (κ3) is 2.86. The van der Waals surface area contributed by atoms with Gasteiger partial charge in [0.1, 0.15) is 0 Å². The highest BCUT2D eigenvalue weighted by Crippen LogP contribution is 2.39. The van der Waals surface area contributed by atoms with Crippen LogP contribution >= 0.6 is 0 Å². The van der Waals surface area contributed by atoms with Crippen LogP contribution in [0.1, 0.15) is 67.9 Å². The Bertz CT molecular complexity index is 838. The second-order valence-corrected chi connectivity index (χ2v) is 7.56. The lowest BCUT2D eigenvalue weighted by atomic mass is 9.93. The fourth-order valence-corrected chi connectivity index (χ4v) is 3.99. The van der Waals surface area contributed by atoms with E-state index in [2.05, 4.69) is 57.3 Å². The second kappa shape index (κ2) is 5.99. The third-order valence-corrected chi connectivity index (χ3v) is 5.83. The summed E-state index contributed by atoms with van der Waals surface area (Å²) >= 11 is 0. The van der Waals surface area contributed by atoms with Crippen LogP contribution in [0.4, 0.5) is 0 Å². The molecule has 1 aromatic carbocycles. The molecule has 2 aromatic heterocycles. The van der Waals surface area contributed by atoms with Gasteiger partial charge in [0.15, 0.2) is 5.82 Å². The molecule has 1 N–H and O–H groups in total. The predicted molar refractivity (Wildman–Crippen MR) is 96.5 cm³/mol. The first kappa shape index (κ1) is 15.1. The standard InChI is InChI=1S/C20H24N4O/c1-13(20-22-19(23-25-20)15-6-7-15)24-10-8-14(9-11-24)18-12-16-4-2-3-5-17(16)21-18/h2-5,12-15,21H,6-11H2,1H3. The zero-order valence-corrected chi connectivity index (χ0v) is 14.6. The number of hydrogen-bond donors (Lipinski definition) is 1. The molecule has 0 amide bonds. The highest BCUT2D eigenvalue weighted by Gasteiger charge is 2.32. The number of benzene rings is 1. The van der Waals surface area contributed by atoms with Crippen LogP contribution in [0, 0.1) is 0 Å². The maximum absolute atomic E-state index is 5.52. The SMILES string of the molecule is CC(c1nc(C2CC2)no1)N1CCC(c2cc3ccccc3[nH]2)CC1. The van der Waals surface area contributed by atoms with Crippen LogP contribution in [0.3, 0.4) is 0 Å².